The molecule has 0 spiro atoms. The molecule has 0 bridgehead atoms. The molecule has 1 aliphatic heterocycles. The highest BCUT2D eigenvalue weighted by atomic mass is 32.2. The van der Waals surface area contributed by atoms with Crippen molar-refractivity contribution < 1.29 is 17.7 Å². The molecule has 138 valence electrons. The van der Waals surface area contributed by atoms with Gasteiger partial charge in [0, 0.05) is 31.4 Å². The molecule has 26 heavy (non-hydrogen) atoms. The lowest BCUT2D eigenvalue weighted by Gasteiger charge is -2.22. The number of halogens is 1. The molecule has 1 N–H and O–H groups in total. The average Bonchev–Trinajstić information content (AvgIpc) is 2.90. The van der Waals surface area contributed by atoms with E-state index in [9.17, 15) is 22.9 Å². The third-order valence-electron chi connectivity index (χ3n) is 4.24. The molecule has 7 nitrogen and oxygen atoms in total. The Morgan fingerprint density at radius 3 is 2.65 bits per heavy atom. The van der Waals surface area contributed by atoms with Crippen molar-refractivity contribution in [2.75, 3.05) is 31.1 Å². The Labute approximate surface area is 150 Å². The van der Waals surface area contributed by atoms with Gasteiger partial charge < -0.3 is 10.2 Å². The molecule has 0 radical (unpaired) electrons. The molecule has 1 aliphatic rings. The molecule has 0 aliphatic carbocycles. The van der Waals surface area contributed by atoms with Crippen LogP contribution in [0.4, 0.5) is 15.8 Å². The molecule has 1 heterocycles. The maximum Gasteiger partial charge on any atom is 0.290 e. The SMILES string of the molecule is O=[N+]([O-])c1cc(N2CCCNCC2)ccc1S(=O)(=O)c1cccc(F)c1. The number of hydrogen-bond acceptors (Lipinski definition) is 6. The summed E-state index contributed by atoms with van der Waals surface area (Å²) in [5.74, 6) is -0.720. The second-order valence-corrected chi connectivity index (χ2v) is 7.88. The Kier molecular flexibility index (Phi) is 5.19. The number of sulfone groups is 1. The first kappa shape index (κ1) is 18.3. The predicted molar refractivity (Wildman–Crippen MR) is 94.6 cm³/mol. The molecular formula is C17H18FN3O4S. The minimum Gasteiger partial charge on any atom is -0.370 e. The fourth-order valence-corrected chi connectivity index (χ4v) is 4.37. The van der Waals surface area contributed by atoms with E-state index in [0.717, 1.165) is 38.2 Å². The van der Waals surface area contributed by atoms with Gasteiger partial charge in [-0.1, -0.05) is 6.07 Å². The Hall–Kier alpha value is -2.52. The van der Waals surface area contributed by atoms with Gasteiger partial charge in [0.05, 0.1) is 9.82 Å². The van der Waals surface area contributed by atoms with Gasteiger partial charge in [0.25, 0.3) is 5.69 Å². The molecule has 0 atom stereocenters. The Bertz CT molecular complexity index is 925. The summed E-state index contributed by atoms with van der Waals surface area (Å²) in [4.78, 5) is 12.0. The minimum atomic E-state index is -4.20. The van der Waals surface area contributed by atoms with E-state index in [1.54, 1.807) is 6.07 Å². The summed E-state index contributed by atoms with van der Waals surface area (Å²) < 4.78 is 38.9. The minimum absolute atomic E-state index is 0.313. The number of nitro groups is 1. The van der Waals surface area contributed by atoms with Gasteiger partial charge in [0.2, 0.25) is 9.84 Å². The summed E-state index contributed by atoms with van der Waals surface area (Å²) in [5.41, 5.74) is 0.0857. The lowest BCUT2D eigenvalue weighted by Crippen LogP contribution is -2.27. The summed E-state index contributed by atoms with van der Waals surface area (Å²) >= 11 is 0. The van der Waals surface area contributed by atoms with Gasteiger partial charge in [-0.2, -0.15) is 0 Å². The zero-order valence-electron chi connectivity index (χ0n) is 13.9. The number of anilines is 1. The molecule has 0 unspecified atom stereocenters. The van der Waals surface area contributed by atoms with Crippen LogP contribution in [0.5, 0.6) is 0 Å². The monoisotopic (exact) mass is 379 g/mol. The zero-order chi connectivity index (χ0) is 18.7. The fraction of sp³-hybridized carbons (Fsp3) is 0.294. The standard InChI is InChI=1S/C17H18FN3O4S/c18-13-3-1-4-15(11-13)26(24,25)17-6-5-14(12-16(17)21(22)23)20-9-2-7-19-8-10-20/h1,3-6,11-12,19H,2,7-10H2. The maximum absolute atomic E-state index is 13.4. The molecule has 9 heteroatoms. The molecule has 1 saturated heterocycles. The topological polar surface area (TPSA) is 92.6 Å². The first-order chi connectivity index (χ1) is 12.4. The van der Waals surface area contributed by atoms with Crippen molar-refractivity contribution in [1.82, 2.24) is 5.32 Å². The van der Waals surface area contributed by atoms with E-state index in [2.05, 4.69) is 5.32 Å². The molecule has 0 saturated carbocycles. The Balaban J connectivity index is 2.06. The number of hydrogen-bond donors (Lipinski definition) is 1. The van der Waals surface area contributed by atoms with E-state index in [0.29, 0.717) is 12.2 Å². The predicted octanol–water partition coefficient (Wildman–Crippen LogP) is 2.37. The summed E-state index contributed by atoms with van der Waals surface area (Å²) in [6.45, 7) is 3.01. The van der Waals surface area contributed by atoms with E-state index in [1.165, 1.54) is 24.3 Å². The highest BCUT2D eigenvalue weighted by Crippen LogP contribution is 2.33. The van der Waals surface area contributed by atoms with Gasteiger partial charge in [-0.15, -0.1) is 0 Å². The highest BCUT2D eigenvalue weighted by Gasteiger charge is 2.29. The molecule has 0 aromatic heterocycles. The highest BCUT2D eigenvalue weighted by molar-refractivity contribution is 7.91. The van der Waals surface area contributed by atoms with Gasteiger partial charge in [-0.05, 0) is 43.3 Å². The quantitative estimate of drug-likeness (QED) is 0.648. The molecule has 2 aromatic rings. The van der Waals surface area contributed by atoms with E-state index >= 15 is 0 Å². The van der Waals surface area contributed by atoms with E-state index < -0.39 is 31.2 Å². The van der Waals surface area contributed by atoms with Gasteiger partial charge in [-0.25, -0.2) is 12.8 Å². The Morgan fingerprint density at radius 2 is 1.92 bits per heavy atom. The van der Waals surface area contributed by atoms with Gasteiger partial charge in [0.1, 0.15) is 10.7 Å². The first-order valence-corrected chi connectivity index (χ1v) is 9.63. The van der Waals surface area contributed by atoms with Crippen LogP contribution in [-0.2, 0) is 9.84 Å². The van der Waals surface area contributed by atoms with Crippen molar-refractivity contribution in [2.24, 2.45) is 0 Å². The van der Waals surface area contributed by atoms with Crippen LogP contribution in [0.1, 0.15) is 6.42 Å². The van der Waals surface area contributed by atoms with Crippen molar-refractivity contribution in [3.63, 3.8) is 0 Å². The van der Waals surface area contributed by atoms with Crippen LogP contribution in [0.15, 0.2) is 52.3 Å². The zero-order valence-corrected chi connectivity index (χ0v) is 14.7. The van der Waals surface area contributed by atoms with Crippen LogP contribution in [0.2, 0.25) is 0 Å². The average molecular weight is 379 g/mol. The van der Waals surface area contributed by atoms with E-state index in [4.69, 9.17) is 0 Å². The number of rotatable bonds is 4. The van der Waals surface area contributed by atoms with Crippen LogP contribution in [0.3, 0.4) is 0 Å². The second-order valence-electron chi connectivity index (χ2n) is 5.96. The van der Waals surface area contributed by atoms with E-state index in [1.807, 2.05) is 4.90 Å². The van der Waals surface area contributed by atoms with Crippen LogP contribution in [0.25, 0.3) is 0 Å². The molecular weight excluding hydrogens is 361 g/mol. The molecule has 0 amide bonds. The Morgan fingerprint density at radius 1 is 1.12 bits per heavy atom. The normalized spacial score (nSPS) is 15.5. The number of nitrogens with one attached hydrogen (secondary N) is 1. The third-order valence-corrected chi connectivity index (χ3v) is 6.04. The fourth-order valence-electron chi connectivity index (χ4n) is 2.94. The smallest absolute Gasteiger partial charge is 0.290 e. The van der Waals surface area contributed by atoms with Gasteiger partial charge >= 0.3 is 0 Å². The second kappa shape index (κ2) is 7.38. The largest absolute Gasteiger partial charge is 0.370 e. The van der Waals surface area contributed by atoms with Crippen molar-refractivity contribution in [3.8, 4) is 0 Å². The van der Waals surface area contributed by atoms with Crippen molar-refractivity contribution in [2.45, 2.75) is 16.2 Å². The first-order valence-electron chi connectivity index (χ1n) is 8.14. The lowest BCUT2D eigenvalue weighted by atomic mass is 10.2. The van der Waals surface area contributed by atoms with Crippen LogP contribution < -0.4 is 10.2 Å². The maximum atomic E-state index is 13.4. The van der Waals surface area contributed by atoms with Crippen molar-refractivity contribution in [3.05, 3.63) is 58.4 Å². The van der Waals surface area contributed by atoms with Crippen molar-refractivity contribution in [1.29, 1.82) is 0 Å². The number of benzene rings is 2. The lowest BCUT2D eigenvalue weighted by molar-refractivity contribution is -0.387. The summed E-state index contributed by atoms with van der Waals surface area (Å²) in [6, 6.07) is 8.51. The van der Waals surface area contributed by atoms with Crippen LogP contribution in [-0.4, -0.2) is 39.5 Å². The van der Waals surface area contributed by atoms with Crippen LogP contribution >= 0.6 is 0 Å². The molecule has 2 aromatic carbocycles. The van der Waals surface area contributed by atoms with Gasteiger partial charge in [0.15, 0.2) is 0 Å². The summed E-state index contributed by atoms with van der Waals surface area (Å²) in [6.07, 6.45) is 0.886. The molecule has 1 fully saturated rings. The summed E-state index contributed by atoms with van der Waals surface area (Å²) in [7, 11) is -4.20. The number of nitrogens with zero attached hydrogens (tertiary/aromatic N) is 2. The van der Waals surface area contributed by atoms with E-state index in [-0.39, 0.29) is 4.90 Å². The third kappa shape index (κ3) is 3.68. The number of nitro benzene ring substituents is 1. The van der Waals surface area contributed by atoms with Crippen molar-refractivity contribution >= 4 is 21.2 Å². The summed E-state index contributed by atoms with van der Waals surface area (Å²) in [5, 5.41) is 14.7. The van der Waals surface area contributed by atoms with Crippen LogP contribution in [0, 0.1) is 15.9 Å². The molecule has 3 rings (SSSR count). The van der Waals surface area contributed by atoms with Gasteiger partial charge in [-0.3, -0.25) is 10.1 Å².